The summed E-state index contributed by atoms with van der Waals surface area (Å²) in [6, 6.07) is 6.96. The summed E-state index contributed by atoms with van der Waals surface area (Å²) in [6.45, 7) is 5.92. The van der Waals surface area contributed by atoms with Crippen molar-refractivity contribution in [2.24, 2.45) is 5.92 Å². The zero-order valence-electron chi connectivity index (χ0n) is 18.9. The highest BCUT2D eigenvalue weighted by Gasteiger charge is 2.31. The summed E-state index contributed by atoms with van der Waals surface area (Å²) in [5.74, 6) is -0.161. The minimum absolute atomic E-state index is 0.0503. The summed E-state index contributed by atoms with van der Waals surface area (Å²) in [7, 11) is 0. The number of hydrogen-bond acceptors (Lipinski definition) is 1. The van der Waals surface area contributed by atoms with E-state index in [-0.39, 0.29) is 30.5 Å². The molecule has 2 aliphatic rings. The van der Waals surface area contributed by atoms with E-state index in [0.29, 0.717) is 34.2 Å². The summed E-state index contributed by atoms with van der Waals surface area (Å²) >= 11 is 0. The molecule has 0 spiro atoms. The Morgan fingerprint density at radius 2 is 1.72 bits per heavy atom. The minimum atomic E-state index is -1.55. The first-order chi connectivity index (χ1) is 15.5. The number of rotatable bonds is 8. The van der Waals surface area contributed by atoms with Gasteiger partial charge in [-0.25, -0.2) is 13.2 Å². The van der Waals surface area contributed by atoms with Crippen molar-refractivity contribution < 1.29 is 17.9 Å². The number of fused-ring (bicyclic) bond motifs is 3. The van der Waals surface area contributed by atoms with E-state index in [0.717, 1.165) is 44.4 Å². The molecular weight excluding hydrogens is 409 g/mol. The average molecular weight is 443 g/mol. The first-order valence-electron chi connectivity index (χ1n) is 12.0. The largest absolute Gasteiger partial charge is 0.373 e. The molecule has 2 aromatic rings. The highest BCUT2D eigenvalue weighted by atomic mass is 19.1. The molecule has 0 bridgehead atoms. The number of halogens is 3. The van der Waals surface area contributed by atoms with E-state index < -0.39 is 12.0 Å². The molecular formula is C28H33F3O. The van der Waals surface area contributed by atoms with Crippen LogP contribution in [0.5, 0.6) is 0 Å². The van der Waals surface area contributed by atoms with Gasteiger partial charge in [-0.2, -0.15) is 0 Å². The van der Waals surface area contributed by atoms with Gasteiger partial charge in [-0.15, -0.1) is 6.58 Å². The molecule has 32 heavy (non-hydrogen) atoms. The van der Waals surface area contributed by atoms with Crippen molar-refractivity contribution >= 4 is 0 Å². The molecule has 1 fully saturated rings. The fourth-order valence-corrected chi connectivity index (χ4v) is 5.30. The van der Waals surface area contributed by atoms with Gasteiger partial charge in [-0.3, -0.25) is 0 Å². The van der Waals surface area contributed by atoms with Crippen LogP contribution in [0.2, 0.25) is 0 Å². The zero-order valence-corrected chi connectivity index (χ0v) is 18.9. The Bertz CT molecular complexity index is 960. The summed E-state index contributed by atoms with van der Waals surface area (Å²) in [5.41, 5.74) is 2.47. The first-order valence-corrected chi connectivity index (χ1v) is 12.0. The van der Waals surface area contributed by atoms with Crippen molar-refractivity contribution in [1.29, 1.82) is 0 Å². The van der Waals surface area contributed by atoms with Crippen LogP contribution in [0.4, 0.5) is 13.2 Å². The van der Waals surface area contributed by atoms with Crippen LogP contribution >= 0.6 is 0 Å². The Labute approximate surface area is 189 Å². The van der Waals surface area contributed by atoms with E-state index >= 15 is 8.78 Å². The Hall–Kier alpha value is -2.07. The molecule has 0 amide bonds. The smallest absolute Gasteiger partial charge is 0.135 e. The van der Waals surface area contributed by atoms with Gasteiger partial charge in [0.05, 0.1) is 12.7 Å². The molecule has 0 saturated heterocycles. The van der Waals surface area contributed by atoms with E-state index in [9.17, 15) is 4.39 Å². The standard InChI is InChI=1S/C28H33F3O/c1-3-5-7-18-8-12-21(13-9-18)32-17-20-11-15-23-22-14-10-19(6-4-2)27(30)24(22)16-25(29)26(23)28(20)31/h3,10-11,14-15,18,21,25H,1,4-9,12-13,16-17H2,2H3. The molecule has 4 heteroatoms. The number of benzene rings is 2. The summed E-state index contributed by atoms with van der Waals surface area (Å²) in [4.78, 5) is 0. The van der Waals surface area contributed by atoms with Gasteiger partial charge in [0.25, 0.3) is 0 Å². The normalized spacial score (nSPS) is 22.3. The van der Waals surface area contributed by atoms with E-state index in [2.05, 4.69) is 6.58 Å². The fourth-order valence-electron chi connectivity index (χ4n) is 5.30. The Morgan fingerprint density at radius 1 is 1.00 bits per heavy atom. The molecule has 2 aromatic carbocycles. The number of aryl methyl sites for hydroxylation is 1. The van der Waals surface area contributed by atoms with Crippen LogP contribution in [0.3, 0.4) is 0 Å². The highest BCUT2D eigenvalue weighted by Crippen LogP contribution is 2.44. The maximum Gasteiger partial charge on any atom is 0.135 e. The second-order valence-corrected chi connectivity index (χ2v) is 9.31. The molecule has 0 aromatic heterocycles. The molecule has 1 atom stereocenters. The van der Waals surface area contributed by atoms with Gasteiger partial charge < -0.3 is 4.74 Å². The SMILES string of the molecule is C=CCCC1CCC(OCc2ccc3c(c2F)C(F)Cc2c-3ccc(CCC)c2F)CC1. The third kappa shape index (κ3) is 4.66. The lowest BCUT2D eigenvalue weighted by molar-refractivity contribution is 0.00521. The summed E-state index contributed by atoms with van der Waals surface area (Å²) < 4.78 is 51.4. The van der Waals surface area contributed by atoms with E-state index in [4.69, 9.17) is 4.74 Å². The molecule has 172 valence electrons. The second kappa shape index (κ2) is 10.2. The topological polar surface area (TPSA) is 9.23 Å². The summed E-state index contributed by atoms with van der Waals surface area (Å²) in [5, 5.41) is 0. The molecule has 2 aliphatic carbocycles. The van der Waals surface area contributed by atoms with Gasteiger partial charge in [0.15, 0.2) is 0 Å². The van der Waals surface area contributed by atoms with Crippen molar-refractivity contribution in [3.8, 4) is 11.1 Å². The lowest BCUT2D eigenvalue weighted by atomic mass is 9.82. The predicted molar refractivity (Wildman–Crippen MR) is 123 cm³/mol. The van der Waals surface area contributed by atoms with Crippen LogP contribution in [0.25, 0.3) is 11.1 Å². The van der Waals surface area contributed by atoms with Crippen LogP contribution in [0, 0.1) is 17.6 Å². The van der Waals surface area contributed by atoms with E-state index in [1.807, 2.05) is 19.1 Å². The lowest BCUT2D eigenvalue weighted by Crippen LogP contribution is -2.22. The number of allylic oxidation sites excluding steroid dienone is 1. The number of alkyl halides is 1. The van der Waals surface area contributed by atoms with Gasteiger partial charge >= 0.3 is 0 Å². The van der Waals surface area contributed by atoms with Gasteiger partial charge in [0, 0.05) is 17.5 Å². The van der Waals surface area contributed by atoms with E-state index in [1.165, 1.54) is 6.42 Å². The minimum Gasteiger partial charge on any atom is -0.373 e. The van der Waals surface area contributed by atoms with Crippen molar-refractivity contribution in [2.75, 3.05) is 0 Å². The molecule has 0 N–H and O–H groups in total. The molecule has 4 rings (SSSR count). The van der Waals surface area contributed by atoms with Crippen molar-refractivity contribution in [3.63, 3.8) is 0 Å². The van der Waals surface area contributed by atoms with Gasteiger partial charge in [0.1, 0.15) is 17.8 Å². The van der Waals surface area contributed by atoms with Crippen molar-refractivity contribution in [3.05, 3.63) is 70.8 Å². The Morgan fingerprint density at radius 3 is 2.44 bits per heavy atom. The first kappa shape index (κ1) is 23.1. The third-order valence-corrected chi connectivity index (χ3v) is 7.14. The third-order valence-electron chi connectivity index (χ3n) is 7.14. The van der Waals surface area contributed by atoms with Gasteiger partial charge in [-0.05, 0) is 73.1 Å². The fraction of sp³-hybridized carbons (Fsp3) is 0.500. The van der Waals surface area contributed by atoms with Crippen LogP contribution in [0.15, 0.2) is 36.9 Å². The van der Waals surface area contributed by atoms with Crippen molar-refractivity contribution in [1.82, 2.24) is 0 Å². The maximum absolute atomic E-state index is 15.3. The molecule has 0 heterocycles. The van der Waals surface area contributed by atoms with Gasteiger partial charge in [-0.1, -0.05) is 43.7 Å². The number of ether oxygens (including phenoxy) is 1. The van der Waals surface area contributed by atoms with Crippen LogP contribution in [0.1, 0.15) is 80.3 Å². The lowest BCUT2D eigenvalue weighted by Gasteiger charge is -2.29. The van der Waals surface area contributed by atoms with Crippen LogP contribution in [-0.2, 0) is 24.2 Å². The average Bonchev–Trinajstić information content (AvgIpc) is 2.80. The monoisotopic (exact) mass is 442 g/mol. The van der Waals surface area contributed by atoms with Crippen molar-refractivity contribution in [2.45, 2.75) is 83.6 Å². The quantitative estimate of drug-likeness (QED) is 0.374. The van der Waals surface area contributed by atoms with Gasteiger partial charge in [0.2, 0.25) is 0 Å². The molecule has 1 nitrogen and oxygen atoms in total. The highest BCUT2D eigenvalue weighted by molar-refractivity contribution is 5.75. The van der Waals surface area contributed by atoms with Crippen LogP contribution in [-0.4, -0.2) is 6.10 Å². The Kier molecular flexibility index (Phi) is 7.40. The Balaban J connectivity index is 1.49. The molecule has 0 radical (unpaired) electrons. The molecule has 1 saturated carbocycles. The number of hydrogen-bond donors (Lipinski definition) is 0. The summed E-state index contributed by atoms with van der Waals surface area (Å²) in [6.07, 6.45) is 8.29. The molecule has 0 aliphatic heterocycles. The predicted octanol–water partition coefficient (Wildman–Crippen LogP) is 8.19. The van der Waals surface area contributed by atoms with E-state index in [1.54, 1.807) is 18.2 Å². The zero-order chi connectivity index (χ0) is 22.7. The molecule has 1 unspecified atom stereocenters. The second-order valence-electron chi connectivity index (χ2n) is 9.31. The maximum atomic E-state index is 15.3. The van der Waals surface area contributed by atoms with Crippen LogP contribution < -0.4 is 0 Å².